The minimum atomic E-state index is -0.601. The molecule has 6 rings (SSSR count). The van der Waals surface area contributed by atoms with Crippen LogP contribution in [-0.4, -0.2) is 106 Å². The number of hydrogen-bond donors (Lipinski definition) is 2. The molecule has 342 valence electrons. The molecule has 2 atom stereocenters. The number of aliphatic hydroxyl groups is 2. The van der Waals surface area contributed by atoms with Crippen LogP contribution in [0.2, 0.25) is 5.02 Å². The maximum atomic E-state index is 10.5. The molecule has 0 amide bonds. The number of aryl methyl sites for hydroxylation is 2. The number of halogens is 1. The summed E-state index contributed by atoms with van der Waals surface area (Å²) >= 11 is 5.89. The fraction of sp³-hybridized carbons (Fsp3) is 0.373. The van der Waals surface area contributed by atoms with E-state index >= 15 is 0 Å². The van der Waals surface area contributed by atoms with Crippen LogP contribution in [-0.2, 0) is 26.2 Å². The molecule has 6 aromatic rings. The summed E-state index contributed by atoms with van der Waals surface area (Å²) in [5.74, 6) is 3.06. The van der Waals surface area contributed by atoms with Crippen molar-refractivity contribution in [3.05, 3.63) is 159 Å². The molecule has 0 aliphatic rings. The van der Waals surface area contributed by atoms with Crippen LogP contribution in [0.3, 0.4) is 0 Å². The highest BCUT2D eigenvalue weighted by Gasteiger charge is 2.18. The van der Waals surface area contributed by atoms with E-state index in [0.717, 1.165) is 39.8 Å². The van der Waals surface area contributed by atoms with E-state index in [9.17, 15) is 10.2 Å². The summed E-state index contributed by atoms with van der Waals surface area (Å²) in [5.41, 5.74) is 10.1. The number of nitrogens with zero attached hydrogens (tertiary/aromatic N) is 6. The minimum Gasteiger partial charge on any atom is -0.497 e. The number of rotatable bonds is 22. The molecule has 13 heteroatoms. The Hall–Kier alpha value is -5.63. The molecule has 0 aliphatic carbocycles. The van der Waals surface area contributed by atoms with E-state index in [1.54, 1.807) is 31.4 Å². The fourth-order valence-electron chi connectivity index (χ4n) is 7.38. The Kier molecular flexibility index (Phi) is 18.9. The van der Waals surface area contributed by atoms with Gasteiger partial charge in [-0.15, -0.1) is 0 Å². The van der Waals surface area contributed by atoms with Gasteiger partial charge in [-0.25, -0.2) is 0 Å². The van der Waals surface area contributed by atoms with Gasteiger partial charge in [0.2, 0.25) is 0 Å². The van der Waals surface area contributed by atoms with Crippen molar-refractivity contribution in [1.82, 2.24) is 29.4 Å². The van der Waals surface area contributed by atoms with Crippen molar-refractivity contribution in [3.63, 3.8) is 0 Å². The van der Waals surface area contributed by atoms with Gasteiger partial charge in [0.15, 0.2) is 0 Å². The van der Waals surface area contributed by atoms with E-state index in [1.165, 1.54) is 22.3 Å². The van der Waals surface area contributed by atoms with Crippen molar-refractivity contribution < 1.29 is 29.2 Å². The molecule has 0 fully saturated rings. The lowest BCUT2D eigenvalue weighted by atomic mass is 10.1. The Morgan fingerprint density at radius 1 is 0.656 bits per heavy atom. The molecule has 0 saturated carbocycles. The zero-order chi connectivity index (χ0) is 46.2. The Morgan fingerprint density at radius 2 is 1.11 bits per heavy atom. The Balaban J connectivity index is 0.000000241. The molecule has 2 N–H and O–H groups in total. The van der Waals surface area contributed by atoms with Gasteiger partial charge in [0.1, 0.15) is 48.4 Å². The lowest BCUT2D eigenvalue weighted by molar-refractivity contribution is 0.0741. The largest absolute Gasteiger partial charge is 0.497 e. The van der Waals surface area contributed by atoms with E-state index in [0.29, 0.717) is 62.4 Å². The van der Waals surface area contributed by atoms with E-state index in [1.807, 2.05) is 98.8 Å². The third kappa shape index (κ3) is 14.7. The number of likely N-dealkylation sites (N-methyl/N-ethyl adjacent to an activating group) is 2. The van der Waals surface area contributed by atoms with Crippen LogP contribution in [0.15, 0.2) is 104 Å². The van der Waals surface area contributed by atoms with Crippen molar-refractivity contribution in [2.45, 2.75) is 73.0 Å². The van der Waals surface area contributed by atoms with Crippen molar-refractivity contribution >= 4 is 17.7 Å². The van der Waals surface area contributed by atoms with Crippen LogP contribution in [0.1, 0.15) is 57.5 Å². The highest BCUT2D eigenvalue weighted by molar-refractivity contribution is 6.30. The smallest absolute Gasteiger partial charge is 0.119 e. The molecule has 2 aromatic heterocycles. The van der Waals surface area contributed by atoms with Crippen LogP contribution >= 0.6 is 11.6 Å². The fourth-order valence-corrected chi connectivity index (χ4v) is 7.51. The highest BCUT2D eigenvalue weighted by Crippen LogP contribution is 2.22. The molecule has 64 heavy (non-hydrogen) atoms. The number of aromatic nitrogens is 4. The summed E-state index contributed by atoms with van der Waals surface area (Å²) in [6, 6.07) is 30.8. The topological polar surface area (TPSA) is 120 Å². The Bertz CT molecular complexity index is 2350. The summed E-state index contributed by atoms with van der Waals surface area (Å²) in [6.07, 6.45) is 0.677. The third-order valence-corrected chi connectivity index (χ3v) is 11.1. The third-order valence-electron chi connectivity index (χ3n) is 10.9. The molecule has 0 spiro atoms. The van der Waals surface area contributed by atoms with Crippen LogP contribution in [0.5, 0.6) is 23.0 Å². The van der Waals surface area contributed by atoms with Gasteiger partial charge in [0.05, 0.1) is 38.2 Å². The molecule has 2 heterocycles. The number of benzene rings is 4. The summed E-state index contributed by atoms with van der Waals surface area (Å²) in [7, 11) is 5.66. The van der Waals surface area contributed by atoms with E-state index in [4.69, 9.17) is 40.7 Å². The molecular weight excluding hydrogens is 828 g/mol. The standard InChI is InChI=1S/C26H35N3O4.C25H30ClN3O2/c1-6-32-24-11-13-25(14-12-24)33-18-22(30)16-28(4)17-26-19(2)27-29(20(26)3)15-21-7-9-23(31-5)10-8-21;1-5-20-8-6-7-9-21(20)14-29-19(3)25(18(2)27-29)16-28(4)15-23(30)17-31-24-12-10-22(26)11-13-24/h7-14,22,30H,6,15-18H2,1-5H3;5-13,23,30H,1,14-17H2,2-4H3. The number of methoxy groups -OCH3 is 1. The van der Waals surface area contributed by atoms with E-state index in [-0.39, 0.29) is 13.2 Å². The zero-order valence-electron chi connectivity index (χ0n) is 38.6. The summed E-state index contributed by atoms with van der Waals surface area (Å²) < 4.78 is 26.1. The first-order valence-corrected chi connectivity index (χ1v) is 22.0. The Labute approximate surface area is 384 Å². The first kappa shape index (κ1) is 49.4. The quantitative estimate of drug-likeness (QED) is 0.0687. The van der Waals surface area contributed by atoms with Gasteiger partial charge < -0.3 is 29.2 Å². The molecule has 0 aliphatic heterocycles. The molecular formula is C51H65ClN6O6. The normalized spacial score (nSPS) is 12.1. The predicted octanol–water partition coefficient (Wildman–Crippen LogP) is 8.54. The van der Waals surface area contributed by atoms with Gasteiger partial charge >= 0.3 is 0 Å². The number of ether oxygens (including phenoxy) is 4. The van der Waals surface area contributed by atoms with Crippen molar-refractivity contribution in [2.24, 2.45) is 0 Å². The second-order valence-corrected chi connectivity index (χ2v) is 16.5. The Morgan fingerprint density at radius 3 is 1.59 bits per heavy atom. The maximum absolute atomic E-state index is 10.5. The number of aliphatic hydroxyl groups excluding tert-OH is 2. The van der Waals surface area contributed by atoms with E-state index in [2.05, 4.69) is 54.5 Å². The molecule has 12 nitrogen and oxygen atoms in total. The summed E-state index contributed by atoms with van der Waals surface area (Å²) in [5, 5.41) is 31.0. The number of hydrogen-bond acceptors (Lipinski definition) is 10. The SMILES string of the molecule is C=Cc1ccccc1Cn1nc(C)c(CN(C)CC(O)COc2ccc(Cl)cc2)c1C.CCOc1ccc(OCC(O)CN(C)Cc2c(C)nn(Cc3ccc(OC)cc3)c2C)cc1. The molecule has 0 radical (unpaired) electrons. The molecule has 0 bridgehead atoms. The van der Waals surface area contributed by atoms with Gasteiger partial charge in [-0.05, 0) is 126 Å². The van der Waals surface area contributed by atoms with Crippen LogP contribution in [0.4, 0.5) is 0 Å². The lowest BCUT2D eigenvalue weighted by Gasteiger charge is -2.21. The van der Waals surface area contributed by atoms with Crippen LogP contribution in [0, 0.1) is 27.7 Å². The second-order valence-electron chi connectivity index (χ2n) is 16.0. The first-order valence-electron chi connectivity index (χ1n) is 21.6. The zero-order valence-corrected chi connectivity index (χ0v) is 39.4. The van der Waals surface area contributed by atoms with Gasteiger partial charge in [-0.1, -0.05) is 60.7 Å². The molecule has 2 unspecified atom stereocenters. The predicted molar refractivity (Wildman–Crippen MR) is 256 cm³/mol. The van der Waals surface area contributed by atoms with Crippen molar-refractivity contribution in [3.8, 4) is 23.0 Å². The van der Waals surface area contributed by atoms with Gasteiger partial charge in [-0.2, -0.15) is 10.2 Å². The monoisotopic (exact) mass is 892 g/mol. The lowest BCUT2D eigenvalue weighted by Crippen LogP contribution is -2.33. The minimum absolute atomic E-state index is 0.224. The average molecular weight is 894 g/mol. The molecule has 4 aromatic carbocycles. The summed E-state index contributed by atoms with van der Waals surface area (Å²) in [4.78, 5) is 4.19. The maximum Gasteiger partial charge on any atom is 0.119 e. The molecule has 0 saturated heterocycles. The van der Waals surface area contributed by atoms with Crippen molar-refractivity contribution in [2.75, 3.05) is 54.1 Å². The van der Waals surface area contributed by atoms with Gasteiger partial charge in [-0.3, -0.25) is 19.2 Å². The van der Waals surface area contributed by atoms with Gasteiger partial charge in [0.25, 0.3) is 0 Å². The van der Waals surface area contributed by atoms with Crippen LogP contribution < -0.4 is 18.9 Å². The van der Waals surface area contributed by atoms with Crippen molar-refractivity contribution in [1.29, 1.82) is 0 Å². The highest BCUT2D eigenvalue weighted by atomic mass is 35.5. The van der Waals surface area contributed by atoms with Gasteiger partial charge in [0, 0.05) is 53.7 Å². The average Bonchev–Trinajstić information content (AvgIpc) is 3.70. The van der Waals surface area contributed by atoms with Crippen LogP contribution in [0.25, 0.3) is 6.08 Å². The summed E-state index contributed by atoms with van der Waals surface area (Å²) in [6.45, 7) is 19.0. The second kappa shape index (κ2) is 24.4. The van der Waals surface area contributed by atoms with E-state index < -0.39 is 12.2 Å². The first-order chi connectivity index (χ1) is 30.8.